The van der Waals surface area contributed by atoms with Gasteiger partial charge in [-0.2, -0.15) is 0 Å². The highest BCUT2D eigenvalue weighted by Gasteiger charge is 2.63. The molecule has 8 nitrogen and oxygen atoms in total. The Hall–Kier alpha value is -3.89. The average molecular weight is 658 g/mol. The number of halogens is 2. The number of aromatic hydroxyl groups is 1. The summed E-state index contributed by atoms with van der Waals surface area (Å²) in [6.45, 7) is 5.22. The molecule has 45 heavy (non-hydrogen) atoms. The lowest BCUT2D eigenvalue weighted by molar-refractivity contribution is -0.149. The van der Waals surface area contributed by atoms with Crippen LogP contribution in [0.2, 0.25) is 10.0 Å². The molecule has 7 rings (SSSR count). The number of hydrogen-bond donors (Lipinski definition) is 2. The molecule has 0 aliphatic carbocycles. The van der Waals surface area contributed by atoms with E-state index in [-0.39, 0.29) is 33.9 Å². The number of thioether (sulfide) groups is 1. The minimum absolute atomic E-state index is 0.0316. The second kappa shape index (κ2) is 11.8. The van der Waals surface area contributed by atoms with E-state index in [1.165, 1.54) is 0 Å². The van der Waals surface area contributed by atoms with Crippen molar-refractivity contribution in [1.29, 1.82) is 0 Å². The maximum atomic E-state index is 13.8. The summed E-state index contributed by atoms with van der Waals surface area (Å²) in [7, 11) is 0. The molecule has 2 aliphatic rings. The van der Waals surface area contributed by atoms with Crippen LogP contribution in [0.15, 0.2) is 91.0 Å². The number of nitrogens with one attached hydrogen (secondary N) is 1. The van der Waals surface area contributed by atoms with E-state index < -0.39 is 0 Å². The molecule has 1 amide bonds. The molecule has 5 aromatic rings. The highest BCUT2D eigenvalue weighted by Crippen LogP contribution is 2.57. The lowest BCUT2D eigenvalue weighted by atomic mass is 9.90. The summed E-state index contributed by atoms with van der Waals surface area (Å²) in [5.41, 5.74) is 6.28. The maximum Gasteiger partial charge on any atom is 0.244 e. The topological polar surface area (TPSA) is 96.2 Å². The molecule has 1 aromatic heterocycles. The minimum Gasteiger partial charge on any atom is -0.508 e. The third kappa shape index (κ3) is 5.59. The second-order valence-electron chi connectivity index (χ2n) is 11.8. The summed E-state index contributed by atoms with van der Waals surface area (Å²) in [5.74, 6) is 0.883. The first-order valence-corrected chi connectivity index (χ1v) is 16.2. The molecule has 3 atom stereocenters. The Morgan fingerprint density at radius 3 is 2.27 bits per heavy atom. The predicted molar refractivity (Wildman–Crippen MR) is 178 cm³/mol. The number of phenolic OH excluding ortho intramolecular Hbond substituents is 1. The zero-order chi connectivity index (χ0) is 31.3. The van der Waals surface area contributed by atoms with Crippen LogP contribution < -0.4 is 5.32 Å². The van der Waals surface area contributed by atoms with Gasteiger partial charge in [-0.05, 0) is 94.1 Å². The Bertz CT molecular complexity index is 1860. The molecule has 228 valence electrons. The van der Waals surface area contributed by atoms with Crippen molar-refractivity contribution in [2.24, 2.45) is 0 Å². The molecule has 0 bridgehead atoms. The summed E-state index contributed by atoms with van der Waals surface area (Å²) in [4.78, 5) is 15.7. The zero-order valence-corrected chi connectivity index (χ0v) is 26.9. The summed E-state index contributed by atoms with van der Waals surface area (Å²) in [5, 5.41) is 27.1. The first-order chi connectivity index (χ1) is 21.7. The van der Waals surface area contributed by atoms with Crippen LogP contribution in [0.1, 0.15) is 36.8 Å². The van der Waals surface area contributed by atoms with E-state index in [1.54, 1.807) is 28.6 Å². The van der Waals surface area contributed by atoms with Crippen LogP contribution in [0.5, 0.6) is 5.75 Å². The average Bonchev–Trinajstić information content (AvgIpc) is 3.57. The lowest BCUT2D eigenvalue weighted by Crippen LogP contribution is -2.66. The zero-order valence-electron chi connectivity index (χ0n) is 24.6. The predicted octanol–water partition coefficient (Wildman–Crippen LogP) is 6.96. The van der Waals surface area contributed by atoms with Crippen LogP contribution in [0.25, 0.3) is 22.3 Å². The van der Waals surface area contributed by atoms with Gasteiger partial charge in [0.25, 0.3) is 0 Å². The number of carbonyl (C=O) groups is 1. The molecule has 2 saturated heterocycles. The third-order valence-electron chi connectivity index (χ3n) is 8.47. The van der Waals surface area contributed by atoms with Crippen molar-refractivity contribution in [1.82, 2.24) is 30.4 Å². The Labute approximate surface area is 275 Å². The number of nitrogens with zero attached hydrogens (tertiary/aromatic N) is 5. The van der Waals surface area contributed by atoms with Gasteiger partial charge < -0.3 is 10.0 Å². The van der Waals surface area contributed by atoms with Crippen molar-refractivity contribution in [3.05, 3.63) is 118 Å². The molecule has 3 heterocycles. The Kier molecular flexibility index (Phi) is 7.81. The highest BCUT2D eigenvalue weighted by atomic mass is 35.5. The van der Waals surface area contributed by atoms with Gasteiger partial charge in [-0.25, -0.2) is 4.68 Å². The molecule has 2 fully saturated rings. The molecule has 0 radical (unpaired) electrons. The molecule has 4 aromatic carbocycles. The SMILES string of the molecule is CC1(C)S[C@@H]2C(NCc3cccc(-c4ccc(Cl)cc4)c3-c3ccc(Cl)cc3)C(=O)N2C1c1nnnn1Cc1ccc(O)cc1. The van der Waals surface area contributed by atoms with Crippen LogP contribution in [-0.4, -0.2) is 52.3 Å². The monoisotopic (exact) mass is 656 g/mol. The number of hydrogen-bond acceptors (Lipinski definition) is 7. The van der Waals surface area contributed by atoms with Gasteiger partial charge in [0.1, 0.15) is 23.2 Å². The van der Waals surface area contributed by atoms with Crippen molar-refractivity contribution in [3.63, 3.8) is 0 Å². The van der Waals surface area contributed by atoms with Gasteiger partial charge in [0, 0.05) is 21.3 Å². The third-order valence-corrected chi connectivity index (χ3v) is 10.5. The van der Waals surface area contributed by atoms with E-state index in [9.17, 15) is 9.90 Å². The number of aromatic nitrogens is 4. The number of phenols is 1. The number of amides is 1. The Morgan fingerprint density at radius 2 is 1.58 bits per heavy atom. The standard InChI is InChI=1S/C34H30Cl2N6O2S/c1-34(2)30(31-38-39-40-41(31)19-20-6-16-26(43)17-7-20)42-32(44)29(33(42)45-34)37-18-23-4-3-5-27(21-8-12-24(35)13-9-21)28(23)22-10-14-25(36)15-11-22/h3-17,29-30,33,37,43H,18-19H2,1-2H3/t29?,30?,33-/m1/s1. The van der Waals surface area contributed by atoms with E-state index in [4.69, 9.17) is 23.2 Å². The summed E-state index contributed by atoms with van der Waals surface area (Å²) >= 11 is 14.2. The fourth-order valence-electron chi connectivity index (χ4n) is 6.31. The van der Waals surface area contributed by atoms with Crippen molar-refractivity contribution in [2.75, 3.05) is 0 Å². The van der Waals surface area contributed by atoms with Crippen molar-refractivity contribution in [2.45, 2.75) is 49.1 Å². The molecule has 2 N–H and O–H groups in total. The number of benzene rings is 4. The first-order valence-electron chi connectivity index (χ1n) is 14.6. The molecule has 0 saturated carbocycles. The minimum atomic E-state index is -0.349. The maximum absolute atomic E-state index is 13.8. The van der Waals surface area contributed by atoms with Crippen molar-refractivity contribution >= 4 is 40.9 Å². The quantitative estimate of drug-likeness (QED) is 0.174. The molecular formula is C34H30Cl2N6O2S. The molecule has 0 spiro atoms. The number of β-lactam (4-membered cyclic amide) rings is 1. The smallest absolute Gasteiger partial charge is 0.244 e. The molecule has 2 unspecified atom stereocenters. The van der Waals surface area contributed by atoms with Crippen LogP contribution in [-0.2, 0) is 17.9 Å². The van der Waals surface area contributed by atoms with E-state index >= 15 is 0 Å². The fraction of sp³-hybridized carbons (Fsp3) is 0.235. The van der Waals surface area contributed by atoms with E-state index in [0.29, 0.717) is 29.0 Å². The summed E-state index contributed by atoms with van der Waals surface area (Å²) < 4.78 is 1.43. The van der Waals surface area contributed by atoms with Crippen LogP contribution in [0.3, 0.4) is 0 Å². The Morgan fingerprint density at radius 1 is 0.911 bits per heavy atom. The number of fused-ring (bicyclic) bond motifs is 1. The van der Waals surface area contributed by atoms with Gasteiger partial charge in [-0.15, -0.1) is 16.9 Å². The summed E-state index contributed by atoms with van der Waals surface area (Å²) in [6, 6.07) is 28.3. The van der Waals surface area contributed by atoms with Gasteiger partial charge in [0.05, 0.1) is 6.54 Å². The van der Waals surface area contributed by atoms with Gasteiger partial charge in [0.2, 0.25) is 5.91 Å². The van der Waals surface area contributed by atoms with E-state index in [1.807, 2.05) is 71.6 Å². The Balaban J connectivity index is 1.14. The molecule has 11 heteroatoms. The summed E-state index contributed by atoms with van der Waals surface area (Å²) in [6.07, 6.45) is 0. The van der Waals surface area contributed by atoms with Crippen LogP contribution >= 0.6 is 35.0 Å². The van der Waals surface area contributed by atoms with Gasteiger partial charge in [-0.3, -0.25) is 10.1 Å². The van der Waals surface area contributed by atoms with Crippen molar-refractivity contribution < 1.29 is 9.90 Å². The van der Waals surface area contributed by atoms with Gasteiger partial charge in [-0.1, -0.05) is 77.8 Å². The van der Waals surface area contributed by atoms with E-state index in [0.717, 1.165) is 33.4 Å². The first kappa shape index (κ1) is 29.8. The molecular weight excluding hydrogens is 627 g/mol. The van der Waals surface area contributed by atoms with Crippen molar-refractivity contribution in [3.8, 4) is 28.0 Å². The molecule has 2 aliphatic heterocycles. The van der Waals surface area contributed by atoms with Gasteiger partial charge >= 0.3 is 0 Å². The largest absolute Gasteiger partial charge is 0.508 e. The number of rotatable bonds is 8. The second-order valence-corrected chi connectivity index (χ2v) is 14.5. The number of tetrazole rings is 1. The normalized spacial score (nSPS) is 20.2. The van der Waals surface area contributed by atoms with Gasteiger partial charge in [0.15, 0.2) is 5.82 Å². The lowest BCUT2D eigenvalue weighted by Gasteiger charge is -2.44. The van der Waals surface area contributed by atoms with E-state index in [2.05, 4.69) is 46.8 Å². The number of carbonyl (C=O) groups excluding carboxylic acids is 1. The highest BCUT2D eigenvalue weighted by molar-refractivity contribution is 8.01. The van der Waals surface area contributed by atoms with Crippen LogP contribution in [0.4, 0.5) is 0 Å². The van der Waals surface area contributed by atoms with Crippen LogP contribution in [0, 0.1) is 0 Å². The fourth-order valence-corrected chi connectivity index (χ4v) is 8.22.